The molecule has 0 spiro atoms. The molecule has 0 saturated heterocycles. The number of thiophene rings is 1. The molecule has 13 heteroatoms. The van der Waals surface area contributed by atoms with Crippen LogP contribution < -0.4 is 5.32 Å². The number of aliphatic carboxylic acids is 2. The van der Waals surface area contributed by atoms with E-state index in [0.717, 1.165) is 28.7 Å². The smallest absolute Gasteiger partial charge is 0.414 e. The number of carbonyl (C=O) groups excluding carboxylic acids is 1. The van der Waals surface area contributed by atoms with Crippen LogP contribution in [-0.2, 0) is 27.2 Å². The van der Waals surface area contributed by atoms with Gasteiger partial charge in [0.15, 0.2) is 10.8 Å². The van der Waals surface area contributed by atoms with E-state index in [1.807, 2.05) is 16.5 Å². The van der Waals surface area contributed by atoms with Crippen molar-refractivity contribution in [2.45, 2.75) is 30.8 Å². The first kappa shape index (κ1) is 23.9. The molecule has 0 atom stereocenters. The number of carboxylic acid groups (broad SMARTS) is 2. The van der Waals surface area contributed by atoms with Crippen molar-refractivity contribution in [1.29, 1.82) is 0 Å². The van der Waals surface area contributed by atoms with Crippen molar-refractivity contribution < 1.29 is 24.6 Å². The van der Waals surface area contributed by atoms with Gasteiger partial charge in [0.25, 0.3) is 0 Å². The fraction of sp³-hybridized carbons (Fsp3) is 0.238. The number of aryl methyl sites for hydroxylation is 2. The van der Waals surface area contributed by atoms with E-state index >= 15 is 0 Å². The van der Waals surface area contributed by atoms with Gasteiger partial charge >= 0.3 is 11.9 Å². The van der Waals surface area contributed by atoms with E-state index in [-0.39, 0.29) is 11.7 Å². The molecule has 0 bridgehead atoms. The zero-order chi connectivity index (χ0) is 24.2. The number of rotatable bonds is 4. The molecule has 3 aromatic heterocycles. The van der Waals surface area contributed by atoms with Gasteiger partial charge < -0.3 is 15.5 Å². The van der Waals surface area contributed by atoms with Gasteiger partial charge in [-0.05, 0) is 43.4 Å². The summed E-state index contributed by atoms with van der Waals surface area (Å²) in [4.78, 5) is 37.6. The molecule has 1 amide bonds. The molecule has 4 aromatic rings. The molecular weight excluding hydrogens is 502 g/mol. The number of para-hydroxylation sites is 1. The van der Waals surface area contributed by atoms with Crippen molar-refractivity contribution in [2.75, 3.05) is 11.1 Å². The van der Waals surface area contributed by atoms with E-state index < -0.39 is 11.9 Å². The number of nitrogens with one attached hydrogen (secondary N) is 1. The SMILES string of the molecule is O=C(CSc1nnc2c3c4c(sc3ncn12)CCCC4)Nc1ccccc1Cl.O=C(O)C(=O)O. The van der Waals surface area contributed by atoms with Gasteiger partial charge in [-0.3, -0.25) is 9.20 Å². The molecule has 3 N–H and O–H groups in total. The Morgan fingerprint density at radius 2 is 1.85 bits per heavy atom. The molecule has 1 aromatic carbocycles. The number of halogens is 1. The molecule has 0 radical (unpaired) electrons. The maximum absolute atomic E-state index is 12.3. The van der Waals surface area contributed by atoms with E-state index in [2.05, 4.69) is 20.5 Å². The van der Waals surface area contributed by atoms with Gasteiger partial charge in [0.2, 0.25) is 5.91 Å². The second kappa shape index (κ2) is 10.4. The van der Waals surface area contributed by atoms with Gasteiger partial charge in [-0.2, -0.15) is 0 Å². The standard InChI is InChI=1S/C19H16ClN5OS2.C2H2O4/c20-12-6-2-3-7-13(12)22-15(26)9-27-19-24-23-17-16-11-5-1-4-8-14(11)28-18(16)21-10-25(17)19;3-1(4)2(5)6/h2-3,6-7,10H,1,4-5,8-9H2,(H,22,26);(H,3,4)(H,5,6). The van der Waals surface area contributed by atoms with E-state index in [4.69, 9.17) is 31.4 Å². The summed E-state index contributed by atoms with van der Waals surface area (Å²) in [5.41, 5.74) is 2.82. The Labute approximate surface area is 206 Å². The zero-order valence-electron chi connectivity index (χ0n) is 17.5. The van der Waals surface area contributed by atoms with Crippen LogP contribution in [0.2, 0.25) is 5.02 Å². The molecule has 176 valence electrons. The van der Waals surface area contributed by atoms with Crippen LogP contribution in [0.5, 0.6) is 0 Å². The van der Waals surface area contributed by atoms with E-state index in [9.17, 15) is 4.79 Å². The summed E-state index contributed by atoms with van der Waals surface area (Å²) < 4.78 is 1.89. The molecule has 1 aliphatic rings. The Morgan fingerprint density at radius 3 is 2.59 bits per heavy atom. The molecule has 0 fully saturated rings. The summed E-state index contributed by atoms with van der Waals surface area (Å²) >= 11 is 9.20. The normalized spacial score (nSPS) is 12.6. The number of amides is 1. The second-order valence-corrected chi connectivity index (χ2v) is 9.67. The third kappa shape index (κ3) is 5.13. The first-order valence-corrected chi connectivity index (χ1v) is 12.3. The highest BCUT2D eigenvalue weighted by Crippen LogP contribution is 2.37. The lowest BCUT2D eigenvalue weighted by Crippen LogP contribution is -2.14. The average Bonchev–Trinajstić information content (AvgIpc) is 3.40. The molecule has 0 aliphatic heterocycles. The lowest BCUT2D eigenvalue weighted by Gasteiger charge is -2.10. The van der Waals surface area contributed by atoms with Crippen molar-refractivity contribution in [3.63, 3.8) is 0 Å². The van der Waals surface area contributed by atoms with Crippen LogP contribution in [0.1, 0.15) is 23.3 Å². The van der Waals surface area contributed by atoms with Crippen LogP contribution in [0.25, 0.3) is 15.9 Å². The fourth-order valence-electron chi connectivity index (χ4n) is 3.51. The molecule has 0 saturated carbocycles. The lowest BCUT2D eigenvalue weighted by atomic mass is 9.97. The number of aromatic nitrogens is 4. The Hall–Kier alpha value is -3.22. The molecule has 3 heterocycles. The molecular formula is C21H18ClN5O5S2. The Balaban J connectivity index is 0.000000408. The molecule has 10 nitrogen and oxygen atoms in total. The maximum Gasteiger partial charge on any atom is 0.414 e. The Morgan fingerprint density at radius 1 is 1.12 bits per heavy atom. The minimum atomic E-state index is -1.82. The van der Waals surface area contributed by atoms with Crippen LogP contribution in [-0.4, -0.2) is 53.4 Å². The Kier molecular flexibility index (Phi) is 7.29. The van der Waals surface area contributed by atoms with E-state index in [1.165, 1.54) is 35.0 Å². The van der Waals surface area contributed by atoms with E-state index in [1.54, 1.807) is 29.8 Å². The number of hydrogen-bond donors (Lipinski definition) is 3. The van der Waals surface area contributed by atoms with Crippen LogP contribution in [0.15, 0.2) is 35.7 Å². The number of carboxylic acids is 2. The minimum absolute atomic E-state index is 0.142. The van der Waals surface area contributed by atoms with E-state index in [0.29, 0.717) is 15.9 Å². The van der Waals surface area contributed by atoms with Crippen LogP contribution in [0.4, 0.5) is 5.69 Å². The lowest BCUT2D eigenvalue weighted by molar-refractivity contribution is -0.159. The minimum Gasteiger partial charge on any atom is -0.473 e. The number of carbonyl (C=O) groups is 3. The second-order valence-electron chi connectivity index (χ2n) is 7.24. The summed E-state index contributed by atoms with van der Waals surface area (Å²) in [6.07, 6.45) is 6.41. The number of benzene rings is 1. The van der Waals surface area contributed by atoms with Gasteiger partial charge in [0.1, 0.15) is 11.2 Å². The number of hydrogen-bond acceptors (Lipinski definition) is 8. The van der Waals surface area contributed by atoms with Crippen molar-refractivity contribution in [2.24, 2.45) is 0 Å². The summed E-state index contributed by atoms with van der Waals surface area (Å²) in [7, 11) is 0. The zero-order valence-corrected chi connectivity index (χ0v) is 19.9. The first-order valence-electron chi connectivity index (χ1n) is 10.1. The van der Waals surface area contributed by atoms with Crippen molar-refractivity contribution >= 4 is 74.1 Å². The van der Waals surface area contributed by atoms with Gasteiger partial charge in [-0.15, -0.1) is 21.5 Å². The van der Waals surface area contributed by atoms with Crippen molar-refractivity contribution in [3.05, 3.63) is 46.1 Å². The van der Waals surface area contributed by atoms with Gasteiger partial charge in [0.05, 0.1) is 21.8 Å². The first-order chi connectivity index (χ1) is 16.3. The highest BCUT2D eigenvalue weighted by molar-refractivity contribution is 7.99. The number of fused-ring (bicyclic) bond motifs is 5. The highest BCUT2D eigenvalue weighted by Gasteiger charge is 2.21. The molecule has 1 aliphatic carbocycles. The number of thioether (sulfide) groups is 1. The van der Waals surface area contributed by atoms with Crippen LogP contribution in [0, 0.1) is 0 Å². The predicted octanol–water partition coefficient (Wildman–Crippen LogP) is 3.76. The quantitative estimate of drug-likeness (QED) is 0.271. The molecule has 34 heavy (non-hydrogen) atoms. The Bertz CT molecular complexity index is 1390. The van der Waals surface area contributed by atoms with Crippen LogP contribution >= 0.6 is 34.7 Å². The van der Waals surface area contributed by atoms with Crippen molar-refractivity contribution in [1.82, 2.24) is 19.6 Å². The van der Waals surface area contributed by atoms with Crippen LogP contribution in [0.3, 0.4) is 0 Å². The van der Waals surface area contributed by atoms with Crippen molar-refractivity contribution in [3.8, 4) is 0 Å². The number of nitrogens with zero attached hydrogens (tertiary/aromatic N) is 4. The fourth-order valence-corrected chi connectivity index (χ4v) is 5.62. The largest absolute Gasteiger partial charge is 0.473 e. The highest BCUT2D eigenvalue weighted by atomic mass is 35.5. The monoisotopic (exact) mass is 519 g/mol. The molecule has 5 rings (SSSR count). The van der Waals surface area contributed by atoms with Gasteiger partial charge in [-0.25, -0.2) is 14.6 Å². The van der Waals surface area contributed by atoms with Gasteiger partial charge in [0, 0.05) is 4.88 Å². The number of anilines is 1. The summed E-state index contributed by atoms with van der Waals surface area (Å²) in [6, 6.07) is 7.18. The topological polar surface area (TPSA) is 147 Å². The summed E-state index contributed by atoms with van der Waals surface area (Å²) in [6.45, 7) is 0. The third-order valence-electron chi connectivity index (χ3n) is 4.99. The maximum atomic E-state index is 12.3. The average molecular weight is 520 g/mol. The summed E-state index contributed by atoms with van der Waals surface area (Å²) in [5.74, 6) is -3.58. The molecule has 0 unspecified atom stereocenters. The summed E-state index contributed by atoms with van der Waals surface area (Å²) in [5, 5.41) is 28.6. The van der Waals surface area contributed by atoms with Gasteiger partial charge in [-0.1, -0.05) is 35.5 Å². The third-order valence-corrected chi connectivity index (χ3v) is 7.47. The predicted molar refractivity (Wildman–Crippen MR) is 129 cm³/mol.